The SMILES string of the molecule is C=CC(CCCCC)C(=O)/C=C/C=C/C. The molecule has 0 aliphatic heterocycles. The number of hydrogen-bond acceptors (Lipinski definition) is 1. The second-order valence-corrected chi connectivity index (χ2v) is 3.63. The van der Waals surface area contributed by atoms with Crippen LogP contribution in [-0.4, -0.2) is 5.78 Å². The fourth-order valence-electron chi connectivity index (χ4n) is 1.38. The average Bonchev–Trinajstić information content (AvgIpc) is 2.24. The standard InChI is InChI=1S/C14H22O/c1-4-7-9-11-13(6-3)14(15)12-10-8-5-2/h5-6,8,10,12-13H,3-4,7,9,11H2,1-2H3/b8-5+,12-10+. The van der Waals surface area contributed by atoms with Crippen LogP contribution in [0.4, 0.5) is 0 Å². The Bertz CT molecular complexity index is 236. The maximum Gasteiger partial charge on any atom is 0.162 e. The van der Waals surface area contributed by atoms with Crippen molar-refractivity contribution in [2.45, 2.75) is 39.5 Å². The minimum absolute atomic E-state index is 0.00180. The van der Waals surface area contributed by atoms with E-state index in [1.165, 1.54) is 12.8 Å². The summed E-state index contributed by atoms with van der Waals surface area (Å²) >= 11 is 0. The number of ketones is 1. The fourth-order valence-corrected chi connectivity index (χ4v) is 1.38. The Labute approximate surface area is 93.6 Å². The lowest BCUT2D eigenvalue weighted by atomic mass is 9.96. The van der Waals surface area contributed by atoms with E-state index in [1.54, 1.807) is 18.2 Å². The molecule has 1 heteroatoms. The van der Waals surface area contributed by atoms with Crippen molar-refractivity contribution in [2.24, 2.45) is 5.92 Å². The fraction of sp³-hybridized carbons (Fsp3) is 0.500. The van der Waals surface area contributed by atoms with Gasteiger partial charge in [-0.05, 0) is 19.4 Å². The number of carbonyl (C=O) groups excluding carboxylic acids is 1. The Morgan fingerprint density at radius 1 is 1.33 bits per heavy atom. The number of rotatable bonds is 8. The molecule has 1 atom stereocenters. The van der Waals surface area contributed by atoms with Gasteiger partial charge in [-0.25, -0.2) is 0 Å². The van der Waals surface area contributed by atoms with E-state index in [1.807, 2.05) is 19.1 Å². The third-order valence-electron chi connectivity index (χ3n) is 2.33. The van der Waals surface area contributed by atoms with Gasteiger partial charge in [-0.15, -0.1) is 6.58 Å². The number of hydrogen-bond donors (Lipinski definition) is 0. The smallest absolute Gasteiger partial charge is 0.162 e. The molecule has 0 radical (unpaired) electrons. The van der Waals surface area contributed by atoms with Crippen LogP contribution in [0.25, 0.3) is 0 Å². The summed E-state index contributed by atoms with van der Waals surface area (Å²) in [5.41, 5.74) is 0. The molecule has 0 saturated heterocycles. The molecule has 0 fully saturated rings. The predicted octanol–water partition coefficient (Wildman–Crippen LogP) is 4.07. The zero-order valence-electron chi connectivity index (χ0n) is 9.91. The Hall–Kier alpha value is -1.11. The molecule has 0 aromatic heterocycles. The van der Waals surface area contributed by atoms with Gasteiger partial charge in [0.25, 0.3) is 0 Å². The van der Waals surface area contributed by atoms with Crippen LogP contribution >= 0.6 is 0 Å². The highest BCUT2D eigenvalue weighted by Gasteiger charge is 2.10. The summed E-state index contributed by atoms with van der Waals surface area (Å²) < 4.78 is 0. The van der Waals surface area contributed by atoms with Gasteiger partial charge in [0.1, 0.15) is 0 Å². The zero-order valence-corrected chi connectivity index (χ0v) is 9.91. The average molecular weight is 206 g/mol. The van der Waals surface area contributed by atoms with Crippen molar-refractivity contribution in [3.8, 4) is 0 Å². The number of allylic oxidation sites excluding steroid dienone is 5. The lowest BCUT2D eigenvalue weighted by Crippen LogP contribution is -2.08. The monoisotopic (exact) mass is 206 g/mol. The van der Waals surface area contributed by atoms with Crippen LogP contribution in [0.5, 0.6) is 0 Å². The largest absolute Gasteiger partial charge is 0.294 e. The normalized spacial score (nSPS) is 13.5. The van der Waals surface area contributed by atoms with E-state index in [4.69, 9.17) is 0 Å². The molecule has 15 heavy (non-hydrogen) atoms. The van der Waals surface area contributed by atoms with Gasteiger partial charge in [0.2, 0.25) is 0 Å². The van der Waals surface area contributed by atoms with Gasteiger partial charge in [0, 0.05) is 5.92 Å². The Balaban J connectivity index is 4.04. The van der Waals surface area contributed by atoms with Gasteiger partial charge >= 0.3 is 0 Å². The summed E-state index contributed by atoms with van der Waals surface area (Å²) in [7, 11) is 0. The van der Waals surface area contributed by atoms with Crippen molar-refractivity contribution in [1.82, 2.24) is 0 Å². The van der Waals surface area contributed by atoms with Crippen LogP contribution < -0.4 is 0 Å². The van der Waals surface area contributed by atoms with Gasteiger partial charge in [-0.1, -0.05) is 50.5 Å². The van der Waals surface area contributed by atoms with Crippen LogP contribution in [-0.2, 0) is 4.79 Å². The zero-order chi connectivity index (χ0) is 11.5. The molecule has 0 spiro atoms. The number of unbranched alkanes of at least 4 members (excludes halogenated alkanes) is 2. The first kappa shape index (κ1) is 13.9. The molecule has 0 saturated carbocycles. The predicted molar refractivity (Wildman–Crippen MR) is 66.8 cm³/mol. The molecule has 0 aromatic rings. The summed E-state index contributed by atoms with van der Waals surface area (Å²) in [4.78, 5) is 11.7. The van der Waals surface area contributed by atoms with Crippen LogP contribution in [0.3, 0.4) is 0 Å². The minimum Gasteiger partial charge on any atom is -0.294 e. The molecule has 1 unspecified atom stereocenters. The minimum atomic E-state index is -0.00180. The first-order valence-electron chi connectivity index (χ1n) is 5.72. The van der Waals surface area contributed by atoms with Crippen molar-refractivity contribution in [2.75, 3.05) is 0 Å². The van der Waals surface area contributed by atoms with Gasteiger partial charge in [0.05, 0.1) is 0 Å². The van der Waals surface area contributed by atoms with Crippen molar-refractivity contribution in [1.29, 1.82) is 0 Å². The summed E-state index contributed by atoms with van der Waals surface area (Å²) in [6.45, 7) is 7.81. The van der Waals surface area contributed by atoms with Gasteiger partial charge in [-0.2, -0.15) is 0 Å². The van der Waals surface area contributed by atoms with Crippen molar-refractivity contribution in [3.05, 3.63) is 37.0 Å². The topological polar surface area (TPSA) is 17.1 Å². The van der Waals surface area contributed by atoms with E-state index in [2.05, 4.69) is 13.5 Å². The highest BCUT2D eigenvalue weighted by Crippen LogP contribution is 2.12. The van der Waals surface area contributed by atoms with E-state index in [0.717, 1.165) is 12.8 Å². The quantitative estimate of drug-likeness (QED) is 0.253. The van der Waals surface area contributed by atoms with Crippen LogP contribution in [0, 0.1) is 5.92 Å². The third-order valence-corrected chi connectivity index (χ3v) is 2.33. The molecule has 0 aromatic carbocycles. The molecule has 0 N–H and O–H groups in total. The third kappa shape index (κ3) is 6.89. The summed E-state index contributed by atoms with van der Waals surface area (Å²) in [6.07, 6.45) is 13.4. The lowest BCUT2D eigenvalue weighted by Gasteiger charge is -2.07. The van der Waals surface area contributed by atoms with Crippen LogP contribution in [0.15, 0.2) is 37.0 Å². The van der Waals surface area contributed by atoms with E-state index in [-0.39, 0.29) is 11.7 Å². The Morgan fingerprint density at radius 3 is 2.60 bits per heavy atom. The van der Waals surface area contributed by atoms with Crippen molar-refractivity contribution < 1.29 is 4.79 Å². The maximum absolute atomic E-state index is 11.7. The molecular weight excluding hydrogens is 184 g/mol. The highest BCUT2D eigenvalue weighted by molar-refractivity contribution is 5.93. The Kier molecular flexibility index (Phi) is 8.75. The molecule has 0 rings (SSSR count). The van der Waals surface area contributed by atoms with Gasteiger partial charge in [0.15, 0.2) is 5.78 Å². The first-order valence-corrected chi connectivity index (χ1v) is 5.72. The van der Waals surface area contributed by atoms with Gasteiger partial charge < -0.3 is 0 Å². The summed E-state index contributed by atoms with van der Waals surface area (Å²) in [5.74, 6) is 0.164. The van der Waals surface area contributed by atoms with E-state index in [0.29, 0.717) is 0 Å². The Morgan fingerprint density at radius 2 is 2.07 bits per heavy atom. The van der Waals surface area contributed by atoms with E-state index >= 15 is 0 Å². The molecule has 0 aliphatic carbocycles. The molecule has 0 aliphatic rings. The molecule has 0 heterocycles. The van der Waals surface area contributed by atoms with E-state index in [9.17, 15) is 4.79 Å². The molecular formula is C14H22O. The second kappa shape index (κ2) is 9.45. The van der Waals surface area contributed by atoms with Crippen LogP contribution in [0.2, 0.25) is 0 Å². The number of carbonyl (C=O) groups is 1. The molecule has 0 amide bonds. The van der Waals surface area contributed by atoms with E-state index < -0.39 is 0 Å². The molecule has 0 bridgehead atoms. The highest BCUT2D eigenvalue weighted by atomic mass is 16.1. The second-order valence-electron chi connectivity index (χ2n) is 3.63. The van der Waals surface area contributed by atoms with Crippen LogP contribution in [0.1, 0.15) is 39.5 Å². The summed E-state index contributed by atoms with van der Waals surface area (Å²) in [5, 5.41) is 0. The summed E-state index contributed by atoms with van der Waals surface area (Å²) in [6, 6.07) is 0. The molecule has 84 valence electrons. The molecule has 1 nitrogen and oxygen atoms in total. The van der Waals surface area contributed by atoms with Gasteiger partial charge in [-0.3, -0.25) is 4.79 Å². The van der Waals surface area contributed by atoms with Crippen molar-refractivity contribution >= 4 is 5.78 Å². The first-order chi connectivity index (χ1) is 7.26. The van der Waals surface area contributed by atoms with Crippen molar-refractivity contribution in [3.63, 3.8) is 0 Å². The lowest BCUT2D eigenvalue weighted by molar-refractivity contribution is -0.117. The maximum atomic E-state index is 11.7.